The zero-order valence-electron chi connectivity index (χ0n) is 22.5. The summed E-state index contributed by atoms with van der Waals surface area (Å²) in [6, 6.07) is 9.59. The van der Waals surface area contributed by atoms with Crippen molar-refractivity contribution >= 4 is 39.5 Å². The lowest BCUT2D eigenvalue weighted by Gasteiger charge is -2.37. The van der Waals surface area contributed by atoms with E-state index < -0.39 is 15.7 Å². The fraction of sp³-hybridized carbons (Fsp3) is 0.500. The van der Waals surface area contributed by atoms with E-state index in [4.69, 9.17) is 25.5 Å². The lowest BCUT2D eigenvalue weighted by Crippen LogP contribution is -2.42. The molecule has 0 saturated carbocycles. The van der Waals surface area contributed by atoms with Gasteiger partial charge in [0, 0.05) is 35.8 Å². The van der Waals surface area contributed by atoms with Crippen molar-refractivity contribution in [2.75, 3.05) is 26.0 Å². The van der Waals surface area contributed by atoms with Crippen LogP contribution in [0.4, 0.5) is 4.79 Å². The van der Waals surface area contributed by atoms with Crippen LogP contribution in [-0.2, 0) is 19.0 Å². The molecule has 7 nitrogen and oxygen atoms in total. The van der Waals surface area contributed by atoms with Crippen LogP contribution in [0.5, 0.6) is 0 Å². The number of likely N-dealkylation sites (tertiary alicyclic amines) is 1. The Balaban J connectivity index is 0.00000186. The van der Waals surface area contributed by atoms with Gasteiger partial charge < -0.3 is 9.64 Å². The topological polar surface area (TPSA) is 85.8 Å². The minimum atomic E-state index is -3.62. The van der Waals surface area contributed by atoms with Gasteiger partial charge in [0.2, 0.25) is 0 Å². The van der Waals surface area contributed by atoms with Crippen molar-refractivity contribution in [3.8, 4) is 0 Å². The Kier molecular flexibility index (Phi) is 9.42. The van der Waals surface area contributed by atoms with Crippen LogP contribution in [0.25, 0.3) is 11.6 Å². The molecule has 0 N–H and O–H groups in total. The Hall–Kier alpha value is -2.42. The van der Waals surface area contributed by atoms with Crippen molar-refractivity contribution in [1.82, 2.24) is 9.88 Å². The summed E-state index contributed by atoms with van der Waals surface area (Å²) in [6.45, 7) is 10.7. The number of halogens is 1. The summed E-state index contributed by atoms with van der Waals surface area (Å²) >= 11 is 6.35. The first kappa shape index (κ1) is 29.1. The quantitative estimate of drug-likeness (QED) is 0.413. The van der Waals surface area contributed by atoms with Crippen LogP contribution in [0.3, 0.4) is 0 Å². The summed E-state index contributed by atoms with van der Waals surface area (Å²) in [6.07, 6.45) is 6.04. The highest BCUT2D eigenvalue weighted by molar-refractivity contribution is 7.86. The van der Waals surface area contributed by atoms with Gasteiger partial charge >= 0.3 is 6.09 Å². The van der Waals surface area contributed by atoms with E-state index >= 15 is 0 Å². The number of hydrogen-bond acceptors (Lipinski definition) is 6. The molecule has 1 saturated heterocycles. The molecule has 1 atom stereocenters. The van der Waals surface area contributed by atoms with Crippen LogP contribution in [0, 0.1) is 5.92 Å². The van der Waals surface area contributed by atoms with Crippen molar-refractivity contribution in [3.63, 3.8) is 0 Å². The molecule has 37 heavy (non-hydrogen) atoms. The molecule has 1 fully saturated rings. The molecule has 9 heteroatoms. The van der Waals surface area contributed by atoms with E-state index in [2.05, 4.69) is 0 Å². The van der Waals surface area contributed by atoms with E-state index in [9.17, 15) is 13.2 Å². The first-order chi connectivity index (χ1) is 17.4. The Labute approximate surface area is 226 Å². The second-order valence-corrected chi connectivity index (χ2v) is 12.2. The van der Waals surface area contributed by atoms with Crippen molar-refractivity contribution in [1.29, 1.82) is 0 Å². The molecule has 202 valence electrons. The number of rotatable bonds is 4. The van der Waals surface area contributed by atoms with Gasteiger partial charge in [-0.05, 0) is 80.5 Å². The van der Waals surface area contributed by atoms with E-state index in [1.807, 2.05) is 71.0 Å². The number of nitrogens with zero attached hydrogens (tertiary/aromatic N) is 2. The predicted octanol–water partition coefficient (Wildman–Crippen LogP) is 6.37. The van der Waals surface area contributed by atoms with Crippen molar-refractivity contribution < 1.29 is 22.1 Å². The SMILES string of the molecule is CC.CC(C)(C)OC(=O)N1CCC(C2c3ccc(Cl)cc3C=C(COS(C)(=O)=O)c3cccnc32)CC1. The second kappa shape index (κ2) is 12.0. The third-order valence-electron chi connectivity index (χ3n) is 6.28. The number of aromatic nitrogens is 1. The second-order valence-electron chi connectivity index (χ2n) is 10.1. The molecule has 1 aliphatic heterocycles. The summed E-state index contributed by atoms with van der Waals surface area (Å²) in [7, 11) is -3.62. The van der Waals surface area contributed by atoms with Crippen molar-refractivity contribution in [3.05, 3.63) is 63.9 Å². The van der Waals surface area contributed by atoms with Gasteiger partial charge in [-0.15, -0.1) is 0 Å². The number of amides is 1. The number of hydrogen-bond donors (Lipinski definition) is 0. The Morgan fingerprint density at radius 1 is 1.16 bits per heavy atom. The molecule has 2 heterocycles. The average molecular weight is 549 g/mol. The molecule has 0 bridgehead atoms. The van der Waals surface area contributed by atoms with Crippen molar-refractivity contribution in [2.45, 2.75) is 59.0 Å². The van der Waals surface area contributed by atoms with Crippen molar-refractivity contribution in [2.24, 2.45) is 5.92 Å². The Morgan fingerprint density at radius 3 is 2.46 bits per heavy atom. The van der Waals surface area contributed by atoms with Crippen LogP contribution in [0.2, 0.25) is 5.02 Å². The highest BCUT2D eigenvalue weighted by Crippen LogP contribution is 2.44. The largest absolute Gasteiger partial charge is 0.444 e. The standard InChI is InChI=1S/C26H31ClN2O5S.C2H6/c1-26(2,3)34-25(30)29-12-9-17(10-13-29)23-21-8-7-20(27)15-18(21)14-19(16-33-35(4,31)32)22-6-5-11-28-24(22)23;1-2/h5-8,11,14-15,17,23H,9-10,12-13,16H2,1-4H3;1-2H3. The zero-order chi connectivity index (χ0) is 27.4. The summed E-state index contributed by atoms with van der Waals surface area (Å²) in [5.41, 5.74) is 3.94. The van der Waals surface area contributed by atoms with E-state index in [1.54, 1.807) is 11.1 Å². The molecule has 0 spiro atoms. The normalized spacial score (nSPS) is 18.0. The van der Waals surface area contributed by atoms with Gasteiger partial charge in [-0.1, -0.05) is 37.6 Å². The maximum absolute atomic E-state index is 12.6. The number of pyridine rings is 1. The number of carbonyl (C=O) groups excluding carboxylic acids is 1. The monoisotopic (exact) mass is 548 g/mol. The molecule has 1 aromatic carbocycles. The first-order valence-corrected chi connectivity index (χ1v) is 14.9. The minimum Gasteiger partial charge on any atom is -0.444 e. The highest BCUT2D eigenvalue weighted by atomic mass is 35.5. The molecule has 0 radical (unpaired) electrons. The van der Waals surface area contributed by atoms with Gasteiger partial charge in [-0.25, -0.2) is 4.79 Å². The first-order valence-electron chi connectivity index (χ1n) is 12.7. The Morgan fingerprint density at radius 2 is 1.84 bits per heavy atom. The third kappa shape index (κ3) is 7.55. The summed E-state index contributed by atoms with van der Waals surface area (Å²) in [5.74, 6) is 0.192. The van der Waals surface area contributed by atoms with E-state index in [-0.39, 0.29) is 24.5 Å². The molecule has 1 aromatic heterocycles. The maximum atomic E-state index is 12.6. The molecule has 1 aliphatic carbocycles. The van der Waals surface area contributed by atoms with Crippen LogP contribution in [0.1, 0.15) is 75.8 Å². The number of ether oxygens (including phenoxy) is 1. The zero-order valence-corrected chi connectivity index (χ0v) is 24.0. The van der Waals surface area contributed by atoms with Gasteiger partial charge in [0.1, 0.15) is 5.60 Å². The lowest BCUT2D eigenvalue weighted by molar-refractivity contribution is 0.0178. The van der Waals surface area contributed by atoms with E-state index in [0.29, 0.717) is 18.1 Å². The number of benzene rings is 1. The minimum absolute atomic E-state index is 0.0359. The molecular formula is C28H37ClN2O5S. The van der Waals surface area contributed by atoms with E-state index in [1.165, 1.54) is 0 Å². The van der Waals surface area contributed by atoms with E-state index in [0.717, 1.165) is 47.1 Å². The van der Waals surface area contributed by atoms with Gasteiger partial charge in [0.25, 0.3) is 10.1 Å². The van der Waals surface area contributed by atoms with Gasteiger partial charge in [0.05, 0.1) is 18.6 Å². The smallest absolute Gasteiger partial charge is 0.410 e. The maximum Gasteiger partial charge on any atom is 0.410 e. The average Bonchev–Trinajstić information content (AvgIpc) is 2.97. The van der Waals surface area contributed by atoms with Gasteiger partial charge in [-0.2, -0.15) is 8.42 Å². The lowest BCUT2D eigenvalue weighted by atomic mass is 9.76. The summed E-state index contributed by atoms with van der Waals surface area (Å²) in [4.78, 5) is 19.1. The fourth-order valence-corrected chi connectivity index (χ4v) is 5.33. The molecule has 1 amide bonds. The third-order valence-corrected chi connectivity index (χ3v) is 7.07. The van der Waals surface area contributed by atoms with Crippen LogP contribution >= 0.6 is 11.6 Å². The van der Waals surface area contributed by atoms with Crippen LogP contribution in [-0.4, -0.2) is 55.9 Å². The van der Waals surface area contributed by atoms with Crippen LogP contribution < -0.4 is 0 Å². The predicted molar refractivity (Wildman–Crippen MR) is 148 cm³/mol. The molecule has 2 aliphatic rings. The fourth-order valence-electron chi connectivity index (χ4n) is 4.81. The summed E-state index contributed by atoms with van der Waals surface area (Å²) in [5, 5.41) is 0.598. The summed E-state index contributed by atoms with van der Waals surface area (Å²) < 4.78 is 34.2. The number of fused-ring (bicyclic) bond motifs is 2. The van der Waals surface area contributed by atoms with Gasteiger partial charge in [0.15, 0.2) is 0 Å². The molecular weight excluding hydrogens is 512 g/mol. The molecule has 1 unspecified atom stereocenters. The highest BCUT2D eigenvalue weighted by Gasteiger charge is 2.36. The molecule has 2 aromatic rings. The Bertz CT molecular complexity index is 1250. The number of piperidine rings is 1. The van der Waals surface area contributed by atoms with Gasteiger partial charge in [-0.3, -0.25) is 9.17 Å². The number of carbonyl (C=O) groups is 1. The molecule has 4 rings (SSSR count). The van der Waals surface area contributed by atoms with Crippen LogP contribution in [0.15, 0.2) is 36.5 Å².